The van der Waals surface area contributed by atoms with Gasteiger partial charge in [0.25, 0.3) is 0 Å². The lowest BCUT2D eigenvalue weighted by Gasteiger charge is -2.31. The van der Waals surface area contributed by atoms with Gasteiger partial charge in [-0.3, -0.25) is 14.5 Å². The highest BCUT2D eigenvalue weighted by molar-refractivity contribution is 7.99. The van der Waals surface area contributed by atoms with Gasteiger partial charge in [-0.1, -0.05) is 23.9 Å². The lowest BCUT2D eigenvalue weighted by atomic mass is 10.1. The Balaban J connectivity index is 1.94. The van der Waals surface area contributed by atoms with Crippen LogP contribution in [0.15, 0.2) is 35.7 Å². The second-order valence-corrected chi connectivity index (χ2v) is 6.55. The van der Waals surface area contributed by atoms with E-state index in [1.54, 1.807) is 17.7 Å². The number of carbonyl (C=O) groups excluding carboxylic acids is 2. The summed E-state index contributed by atoms with van der Waals surface area (Å²) in [6.07, 6.45) is -4.19. The molecule has 0 saturated heterocycles. The van der Waals surface area contributed by atoms with Crippen LogP contribution in [-0.4, -0.2) is 44.5 Å². The van der Waals surface area contributed by atoms with Crippen molar-refractivity contribution in [3.05, 3.63) is 30.6 Å². The molecule has 7 nitrogen and oxygen atoms in total. The maximum absolute atomic E-state index is 13.6. The molecule has 2 aromatic rings. The summed E-state index contributed by atoms with van der Waals surface area (Å²) in [5.74, 6) is -1.85. The van der Waals surface area contributed by atoms with Crippen molar-refractivity contribution in [2.24, 2.45) is 7.05 Å². The molecule has 3 rings (SSSR count). The number of alkyl halides is 3. The van der Waals surface area contributed by atoms with Gasteiger partial charge in [-0.15, -0.1) is 10.2 Å². The number of rotatable bonds is 3. The van der Waals surface area contributed by atoms with Crippen LogP contribution in [-0.2, 0) is 16.6 Å². The van der Waals surface area contributed by atoms with Gasteiger partial charge in [-0.05, 0) is 12.1 Å². The van der Waals surface area contributed by atoms with Crippen LogP contribution in [0.3, 0.4) is 0 Å². The van der Waals surface area contributed by atoms with Crippen LogP contribution in [0, 0.1) is 0 Å². The van der Waals surface area contributed by atoms with Gasteiger partial charge in [0.15, 0.2) is 5.16 Å². The summed E-state index contributed by atoms with van der Waals surface area (Å²) < 4.78 is 42.3. The number of nitrogens with zero attached hydrogens (tertiary/aromatic N) is 4. The topological polar surface area (TPSA) is 80.1 Å². The third kappa shape index (κ3) is 3.66. The van der Waals surface area contributed by atoms with Gasteiger partial charge in [-0.25, -0.2) is 0 Å². The number of amides is 2. The number of para-hydroxylation sites is 2. The molecule has 1 N–H and O–H groups in total. The summed E-state index contributed by atoms with van der Waals surface area (Å²) in [5.41, 5.74) is 0.186. The number of nitrogens with one attached hydrogen (secondary N) is 1. The second kappa shape index (κ2) is 6.98. The number of hydrogen-bond acceptors (Lipinski definition) is 5. The molecule has 1 atom stereocenters. The number of anilines is 2. The smallest absolute Gasteiger partial charge is 0.324 e. The summed E-state index contributed by atoms with van der Waals surface area (Å²) in [6, 6.07) is 3.69. The third-order valence-electron chi connectivity index (χ3n) is 3.77. The summed E-state index contributed by atoms with van der Waals surface area (Å²) in [5, 5.41) is 10.3. The average Bonchev–Trinajstić information content (AvgIpc) is 2.90. The summed E-state index contributed by atoms with van der Waals surface area (Å²) in [6.45, 7) is 0. The predicted molar refractivity (Wildman–Crippen MR) is 88.7 cm³/mol. The van der Waals surface area contributed by atoms with E-state index in [0.29, 0.717) is 10.1 Å². The van der Waals surface area contributed by atoms with Gasteiger partial charge in [0.05, 0.1) is 23.5 Å². The van der Waals surface area contributed by atoms with E-state index in [4.69, 9.17) is 0 Å². The zero-order valence-corrected chi connectivity index (χ0v) is 14.3. The Morgan fingerprint density at radius 2 is 2.12 bits per heavy atom. The molecular weight excluding hydrogens is 371 g/mol. The van der Waals surface area contributed by atoms with Crippen LogP contribution in [0.4, 0.5) is 24.5 Å². The van der Waals surface area contributed by atoms with Crippen LogP contribution < -0.4 is 10.2 Å². The third-order valence-corrected chi connectivity index (χ3v) is 4.79. The normalized spacial score (nSPS) is 17.5. The Hall–Kier alpha value is -2.56. The molecule has 0 radical (unpaired) electrons. The van der Waals surface area contributed by atoms with Gasteiger partial charge in [0.1, 0.15) is 12.4 Å². The molecule has 11 heteroatoms. The maximum atomic E-state index is 13.6. The molecule has 0 saturated carbocycles. The highest BCUT2D eigenvalue weighted by Crippen LogP contribution is 2.38. The van der Waals surface area contributed by atoms with E-state index in [9.17, 15) is 22.8 Å². The van der Waals surface area contributed by atoms with Gasteiger partial charge in [0.2, 0.25) is 11.8 Å². The zero-order valence-electron chi connectivity index (χ0n) is 13.5. The van der Waals surface area contributed by atoms with E-state index < -0.39 is 30.5 Å². The molecule has 0 spiro atoms. The van der Waals surface area contributed by atoms with E-state index >= 15 is 0 Å². The highest BCUT2D eigenvalue weighted by atomic mass is 32.2. The number of carbonyl (C=O) groups is 2. The molecule has 1 aliphatic rings. The quantitative estimate of drug-likeness (QED) is 0.820. The lowest BCUT2D eigenvalue weighted by molar-refractivity contribution is -0.157. The number of fused-ring (bicyclic) bond motifs is 1. The molecule has 26 heavy (non-hydrogen) atoms. The Kier molecular flexibility index (Phi) is 4.90. The van der Waals surface area contributed by atoms with Crippen molar-refractivity contribution < 1.29 is 22.8 Å². The van der Waals surface area contributed by atoms with Crippen molar-refractivity contribution in [2.75, 3.05) is 16.0 Å². The maximum Gasteiger partial charge on any atom is 0.409 e. The van der Waals surface area contributed by atoms with Crippen LogP contribution in [0.25, 0.3) is 0 Å². The number of aromatic nitrogens is 3. The summed E-state index contributed by atoms with van der Waals surface area (Å²) >= 11 is 0.976. The van der Waals surface area contributed by atoms with E-state index in [1.165, 1.54) is 24.5 Å². The highest BCUT2D eigenvalue weighted by Gasteiger charge is 2.48. The molecule has 1 aromatic heterocycles. The van der Waals surface area contributed by atoms with Gasteiger partial charge in [0, 0.05) is 7.05 Å². The fourth-order valence-electron chi connectivity index (χ4n) is 2.59. The first-order chi connectivity index (χ1) is 12.3. The standard InChI is InChI=1S/C15H14F3N5O2S/c1-22-8-19-21-14(22)26-7-13(25)23-10-5-3-2-4-9(10)20-12(24)6-11(23)15(16,17)18/h2-5,8,11H,6-7H2,1H3,(H,20,24). The fraction of sp³-hybridized carbons (Fsp3) is 0.333. The number of halogens is 3. The molecule has 1 unspecified atom stereocenters. The van der Waals surface area contributed by atoms with Crippen LogP contribution in [0.5, 0.6) is 0 Å². The first kappa shape index (κ1) is 18.2. The van der Waals surface area contributed by atoms with Gasteiger partial charge in [-0.2, -0.15) is 13.2 Å². The van der Waals surface area contributed by atoms with Gasteiger partial charge >= 0.3 is 6.18 Å². The second-order valence-electron chi connectivity index (χ2n) is 5.60. The van der Waals surface area contributed by atoms with E-state index in [-0.39, 0.29) is 17.1 Å². The summed E-state index contributed by atoms with van der Waals surface area (Å²) in [4.78, 5) is 25.2. The van der Waals surface area contributed by atoms with Crippen molar-refractivity contribution in [3.8, 4) is 0 Å². The average molecular weight is 385 g/mol. The van der Waals surface area contributed by atoms with Crippen molar-refractivity contribution in [3.63, 3.8) is 0 Å². The van der Waals surface area contributed by atoms with Gasteiger partial charge < -0.3 is 9.88 Å². The zero-order chi connectivity index (χ0) is 18.9. The van der Waals surface area contributed by atoms with Crippen molar-refractivity contribution >= 4 is 35.0 Å². The predicted octanol–water partition coefficient (Wildman–Crippen LogP) is 2.21. The molecule has 2 amide bonds. The molecule has 138 valence electrons. The van der Waals surface area contributed by atoms with E-state index in [0.717, 1.165) is 11.8 Å². The van der Waals surface area contributed by atoms with Crippen molar-refractivity contribution in [2.45, 2.75) is 23.8 Å². The molecule has 0 fully saturated rings. The first-order valence-corrected chi connectivity index (χ1v) is 8.50. The minimum atomic E-state index is -4.75. The number of hydrogen-bond donors (Lipinski definition) is 1. The number of aryl methyl sites for hydroxylation is 1. The molecular formula is C15H14F3N5O2S. The molecule has 0 bridgehead atoms. The van der Waals surface area contributed by atoms with Crippen molar-refractivity contribution in [1.82, 2.24) is 14.8 Å². The number of benzene rings is 1. The van der Waals surface area contributed by atoms with Crippen LogP contribution in [0.1, 0.15) is 6.42 Å². The Bertz CT molecular complexity index is 839. The van der Waals surface area contributed by atoms with Crippen LogP contribution in [0.2, 0.25) is 0 Å². The van der Waals surface area contributed by atoms with Crippen molar-refractivity contribution in [1.29, 1.82) is 0 Å². The lowest BCUT2D eigenvalue weighted by Crippen LogP contribution is -2.50. The fourth-order valence-corrected chi connectivity index (χ4v) is 3.34. The van der Waals surface area contributed by atoms with E-state index in [2.05, 4.69) is 15.5 Å². The Morgan fingerprint density at radius 1 is 1.38 bits per heavy atom. The largest absolute Gasteiger partial charge is 0.409 e. The van der Waals surface area contributed by atoms with E-state index in [1.807, 2.05) is 0 Å². The Morgan fingerprint density at radius 3 is 2.77 bits per heavy atom. The first-order valence-electron chi connectivity index (χ1n) is 7.52. The number of thioether (sulfide) groups is 1. The molecule has 1 aliphatic heterocycles. The minimum Gasteiger partial charge on any atom is -0.324 e. The SMILES string of the molecule is Cn1cnnc1SCC(=O)N1c2ccccc2NC(=O)CC1C(F)(F)F. The molecule has 1 aromatic carbocycles. The summed E-state index contributed by atoms with van der Waals surface area (Å²) in [7, 11) is 1.66. The monoisotopic (exact) mass is 385 g/mol. The minimum absolute atomic E-state index is 0.0178. The Labute approximate surface area is 150 Å². The van der Waals surface area contributed by atoms with Crippen LogP contribution >= 0.6 is 11.8 Å². The molecule has 2 heterocycles. The molecule has 0 aliphatic carbocycles.